The van der Waals surface area contributed by atoms with Crippen molar-refractivity contribution in [3.05, 3.63) is 17.5 Å². The van der Waals surface area contributed by atoms with Gasteiger partial charge in [0.25, 0.3) is 0 Å². The minimum atomic E-state index is -4.52. The Morgan fingerprint density at radius 1 is 1.32 bits per heavy atom. The summed E-state index contributed by atoms with van der Waals surface area (Å²) >= 11 is 0. The molecular weight excluding hydrogens is 413 g/mol. The smallest absolute Gasteiger partial charge is 0.435 e. The van der Waals surface area contributed by atoms with E-state index in [-0.39, 0.29) is 24.1 Å². The number of guanidine groups is 1. The van der Waals surface area contributed by atoms with E-state index in [0.29, 0.717) is 18.9 Å². The minimum Gasteiger partial charge on any atom is -0.444 e. The second kappa shape index (κ2) is 10.7. The van der Waals surface area contributed by atoms with Crippen LogP contribution in [-0.2, 0) is 24.5 Å². The molecule has 8 nitrogen and oxygen atoms in total. The van der Waals surface area contributed by atoms with Gasteiger partial charge in [0.2, 0.25) is 0 Å². The molecule has 0 aliphatic carbocycles. The molecule has 0 aliphatic rings. The monoisotopic (exact) mass is 448 g/mol. The number of halogens is 3. The van der Waals surface area contributed by atoms with Crippen LogP contribution in [0.15, 0.2) is 11.2 Å². The third kappa shape index (κ3) is 9.06. The van der Waals surface area contributed by atoms with E-state index in [1.54, 1.807) is 39.8 Å². The first kappa shape index (κ1) is 26.6. The molecule has 1 rings (SSSR count). The fourth-order valence-corrected chi connectivity index (χ4v) is 2.93. The number of hydrogen-bond acceptors (Lipinski definition) is 4. The Kier molecular flexibility index (Phi) is 9.19. The maximum absolute atomic E-state index is 13.1. The SMILES string of the molecule is CN=C(NCc1cn(C)nc1C(F)(F)F)N(C)CCC(NC(=O)OC(C)(C)C)C(C)C. The highest BCUT2D eigenvalue weighted by Gasteiger charge is 2.36. The Bertz CT molecular complexity index is 753. The summed E-state index contributed by atoms with van der Waals surface area (Å²) in [7, 11) is 4.79. The molecule has 1 aromatic heterocycles. The zero-order chi connectivity index (χ0) is 24.0. The first-order valence-corrected chi connectivity index (χ1v) is 10.1. The number of amides is 1. The Morgan fingerprint density at radius 2 is 1.94 bits per heavy atom. The Balaban J connectivity index is 2.70. The lowest BCUT2D eigenvalue weighted by Gasteiger charge is -2.28. The van der Waals surface area contributed by atoms with Crippen molar-refractivity contribution in [3.8, 4) is 0 Å². The lowest BCUT2D eigenvalue weighted by molar-refractivity contribution is -0.142. The summed E-state index contributed by atoms with van der Waals surface area (Å²) in [5, 5.41) is 9.34. The molecular formula is C20H35F3N6O2. The number of carbonyl (C=O) groups is 1. The van der Waals surface area contributed by atoms with E-state index in [9.17, 15) is 18.0 Å². The van der Waals surface area contributed by atoms with Crippen LogP contribution in [0.4, 0.5) is 18.0 Å². The number of aryl methyl sites for hydroxylation is 1. The molecule has 178 valence electrons. The van der Waals surface area contributed by atoms with Gasteiger partial charge in [-0.3, -0.25) is 9.67 Å². The van der Waals surface area contributed by atoms with Gasteiger partial charge in [-0.05, 0) is 33.1 Å². The topological polar surface area (TPSA) is 83.8 Å². The highest BCUT2D eigenvalue weighted by atomic mass is 19.4. The maximum atomic E-state index is 13.1. The molecule has 11 heteroatoms. The molecule has 0 aliphatic heterocycles. The van der Waals surface area contributed by atoms with Gasteiger partial charge in [0.1, 0.15) is 5.60 Å². The highest BCUT2D eigenvalue weighted by Crippen LogP contribution is 2.30. The van der Waals surface area contributed by atoms with E-state index in [1.807, 2.05) is 13.8 Å². The number of aromatic nitrogens is 2. The molecule has 0 bridgehead atoms. The highest BCUT2D eigenvalue weighted by molar-refractivity contribution is 5.79. The molecule has 1 unspecified atom stereocenters. The lowest BCUT2D eigenvalue weighted by Crippen LogP contribution is -2.45. The summed E-state index contributed by atoms with van der Waals surface area (Å²) < 4.78 is 45.9. The van der Waals surface area contributed by atoms with Crippen molar-refractivity contribution in [3.63, 3.8) is 0 Å². The van der Waals surface area contributed by atoms with Crippen molar-refractivity contribution < 1.29 is 22.7 Å². The van der Waals surface area contributed by atoms with E-state index in [0.717, 1.165) is 4.68 Å². The van der Waals surface area contributed by atoms with Crippen LogP contribution < -0.4 is 10.6 Å². The van der Waals surface area contributed by atoms with Gasteiger partial charge in [-0.2, -0.15) is 18.3 Å². The van der Waals surface area contributed by atoms with Gasteiger partial charge < -0.3 is 20.3 Å². The number of nitrogens with one attached hydrogen (secondary N) is 2. The summed E-state index contributed by atoms with van der Waals surface area (Å²) in [5.74, 6) is 0.609. The minimum absolute atomic E-state index is 0.0381. The second-order valence-electron chi connectivity index (χ2n) is 8.78. The third-order valence-electron chi connectivity index (χ3n) is 4.47. The van der Waals surface area contributed by atoms with Crippen molar-refractivity contribution in [2.24, 2.45) is 18.0 Å². The van der Waals surface area contributed by atoms with E-state index in [2.05, 4.69) is 20.7 Å². The number of ether oxygens (including phenoxy) is 1. The molecule has 0 radical (unpaired) electrons. The van der Waals surface area contributed by atoms with Crippen LogP contribution in [0.25, 0.3) is 0 Å². The number of alkyl carbamates (subject to hydrolysis) is 1. The van der Waals surface area contributed by atoms with Crippen LogP contribution in [0, 0.1) is 5.92 Å². The fraction of sp³-hybridized carbons (Fsp3) is 0.750. The van der Waals surface area contributed by atoms with E-state index in [4.69, 9.17) is 4.74 Å². The van der Waals surface area contributed by atoms with Gasteiger partial charge in [-0.15, -0.1) is 0 Å². The van der Waals surface area contributed by atoms with Crippen molar-refractivity contribution in [1.29, 1.82) is 0 Å². The first-order valence-electron chi connectivity index (χ1n) is 10.1. The lowest BCUT2D eigenvalue weighted by atomic mass is 10.0. The average molecular weight is 449 g/mol. The zero-order valence-electron chi connectivity index (χ0n) is 19.6. The number of nitrogens with zero attached hydrogens (tertiary/aromatic N) is 4. The molecule has 0 aromatic carbocycles. The number of carbonyl (C=O) groups excluding carboxylic acids is 1. The molecule has 1 atom stereocenters. The zero-order valence-corrected chi connectivity index (χ0v) is 19.6. The Labute approximate surface area is 182 Å². The standard InChI is InChI=1S/C20H35F3N6O2/c1-13(2)15(26-18(30)31-19(3,4)5)9-10-28(7)17(24-6)25-11-14-12-29(8)27-16(14)20(21,22)23/h12-13,15H,9-11H2,1-8H3,(H,24,25)(H,26,30). The molecule has 0 saturated heterocycles. The second-order valence-corrected chi connectivity index (χ2v) is 8.78. The van der Waals surface area contributed by atoms with E-state index >= 15 is 0 Å². The molecule has 1 aromatic rings. The normalized spacial score (nSPS) is 13.9. The van der Waals surface area contributed by atoms with Crippen LogP contribution in [0.5, 0.6) is 0 Å². The van der Waals surface area contributed by atoms with Gasteiger partial charge in [0, 0.05) is 52.0 Å². The molecule has 1 amide bonds. The summed E-state index contributed by atoms with van der Waals surface area (Å²) in [4.78, 5) is 18.0. The quantitative estimate of drug-likeness (QED) is 0.494. The van der Waals surface area contributed by atoms with Gasteiger partial charge >= 0.3 is 12.3 Å². The molecule has 1 heterocycles. The number of rotatable bonds is 7. The largest absolute Gasteiger partial charge is 0.444 e. The average Bonchev–Trinajstić information content (AvgIpc) is 2.98. The van der Waals surface area contributed by atoms with Crippen molar-refractivity contribution in [2.75, 3.05) is 20.6 Å². The van der Waals surface area contributed by atoms with Crippen molar-refractivity contribution >= 4 is 12.1 Å². The molecule has 0 saturated carbocycles. The molecule has 0 fully saturated rings. The predicted molar refractivity (Wildman–Crippen MR) is 114 cm³/mol. The van der Waals surface area contributed by atoms with Crippen molar-refractivity contribution in [1.82, 2.24) is 25.3 Å². The Morgan fingerprint density at radius 3 is 2.42 bits per heavy atom. The maximum Gasteiger partial charge on any atom is 0.435 e. The van der Waals surface area contributed by atoms with Gasteiger partial charge in [0.15, 0.2) is 11.7 Å². The predicted octanol–water partition coefficient (Wildman–Crippen LogP) is 3.39. The van der Waals surface area contributed by atoms with E-state index in [1.165, 1.54) is 13.2 Å². The van der Waals surface area contributed by atoms with Crippen LogP contribution in [0.3, 0.4) is 0 Å². The van der Waals surface area contributed by atoms with Crippen LogP contribution in [0.2, 0.25) is 0 Å². The number of aliphatic imine (C=N–C) groups is 1. The summed E-state index contributed by atoms with van der Waals surface area (Å²) in [6.45, 7) is 9.85. The van der Waals surface area contributed by atoms with Crippen LogP contribution in [-0.4, -0.2) is 59.0 Å². The number of hydrogen-bond donors (Lipinski definition) is 2. The van der Waals surface area contributed by atoms with Crippen LogP contribution >= 0.6 is 0 Å². The summed E-state index contributed by atoms with van der Waals surface area (Å²) in [5.41, 5.74) is -1.46. The summed E-state index contributed by atoms with van der Waals surface area (Å²) in [6.07, 6.45) is -3.06. The van der Waals surface area contributed by atoms with E-state index < -0.39 is 23.6 Å². The summed E-state index contributed by atoms with van der Waals surface area (Å²) in [6, 6.07) is -0.134. The Hall–Kier alpha value is -2.46. The molecule has 0 spiro atoms. The van der Waals surface area contributed by atoms with Gasteiger partial charge in [-0.25, -0.2) is 4.79 Å². The third-order valence-corrected chi connectivity index (χ3v) is 4.47. The fourth-order valence-electron chi connectivity index (χ4n) is 2.93. The molecule has 31 heavy (non-hydrogen) atoms. The van der Waals surface area contributed by atoms with Gasteiger partial charge in [-0.1, -0.05) is 13.8 Å². The molecule has 2 N–H and O–H groups in total. The van der Waals surface area contributed by atoms with Gasteiger partial charge in [0.05, 0.1) is 0 Å². The van der Waals surface area contributed by atoms with Crippen molar-refractivity contribution in [2.45, 2.75) is 65.4 Å². The first-order chi connectivity index (χ1) is 14.1. The van der Waals surface area contributed by atoms with Crippen LogP contribution in [0.1, 0.15) is 52.3 Å². The number of alkyl halides is 3.